The van der Waals surface area contributed by atoms with Gasteiger partial charge in [-0.15, -0.1) is 0 Å². The van der Waals surface area contributed by atoms with Crippen LogP contribution in [-0.2, 0) is 6.54 Å². The van der Waals surface area contributed by atoms with Crippen LogP contribution in [0.15, 0.2) is 16.9 Å². The molecule has 100 valence electrons. The number of halogens is 1. The van der Waals surface area contributed by atoms with E-state index in [0.29, 0.717) is 0 Å². The predicted octanol–water partition coefficient (Wildman–Crippen LogP) is 3.29. The van der Waals surface area contributed by atoms with E-state index in [9.17, 15) is 4.79 Å². The zero-order chi connectivity index (χ0) is 13.0. The van der Waals surface area contributed by atoms with E-state index >= 15 is 0 Å². The first-order chi connectivity index (χ1) is 8.65. The maximum atomic E-state index is 11.9. The quantitative estimate of drug-likeness (QED) is 0.634. The summed E-state index contributed by atoms with van der Waals surface area (Å²) in [6.07, 6.45) is 7.58. The topological polar surface area (TPSA) is 34.9 Å². The van der Waals surface area contributed by atoms with Crippen LogP contribution in [0.4, 0.5) is 0 Å². The molecule has 0 amide bonds. The molecule has 0 N–H and O–H groups in total. The van der Waals surface area contributed by atoms with Gasteiger partial charge in [-0.25, -0.2) is 4.68 Å². The summed E-state index contributed by atoms with van der Waals surface area (Å²) in [7, 11) is 0. The maximum Gasteiger partial charge on any atom is 0.266 e. The van der Waals surface area contributed by atoms with Crippen LogP contribution in [0.2, 0.25) is 0 Å². The lowest BCUT2D eigenvalue weighted by Crippen LogP contribution is -2.35. The van der Waals surface area contributed by atoms with E-state index in [1.807, 2.05) is 6.92 Å². The van der Waals surface area contributed by atoms with Crippen molar-refractivity contribution in [1.29, 1.82) is 0 Å². The minimum absolute atomic E-state index is 0.0187. The van der Waals surface area contributed by atoms with Crippen molar-refractivity contribution in [3.05, 3.63) is 28.2 Å². The minimum Gasteiger partial charge on any atom is -0.268 e. The van der Waals surface area contributed by atoms with E-state index in [0.717, 1.165) is 17.6 Å². The van der Waals surface area contributed by atoms with Crippen molar-refractivity contribution >= 4 is 15.9 Å². The first-order valence-electron chi connectivity index (χ1n) is 6.76. The van der Waals surface area contributed by atoms with Gasteiger partial charge < -0.3 is 0 Å². The Morgan fingerprint density at radius 1 is 1.28 bits per heavy atom. The molecule has 1 aromatic rings. The number of hydrogen-bond donors (Lipinski definition) is 0. The molecule has 0 radical (unpaired) electrons. The van der Waals surface area contributed by atoms with E-state index in [1.54, 1.807) is 16.8 Å². The van der Waals surface area contributed by atoms with E-state index in [2.05, 4.69) is 21.0 Å². The van der Waals surface area contributed by atoms with Gasteiger partial charge in [0.25, 0.3) is 5.56 Å². The van der Waals surface area contributed by atoms with E-state index in [4.69, 9.17) is 0 Å². The highest BCUT2D eigenvalue weighted by atomic mass is 79.9. The first kappa shape index (κ1) is 13.8. The highest BCUT2D eigenvalue weighted by Gasteiger charge is 2.31. The highest BCUT2D eigenvalue weighted by molar-refractivity contribution is 9.09. The predicted molar refractivity (Wildman–Crippen MR) is 77.2 cm³/mol. The number of aryl methyl sites for hydroxylation is 1. The van der Waals surface area contributed by atoms with Gasteiger partial charge in [0.1, 0.15) is 0 Å². The standard InChI is InChI=1S/C14H21BrN2O/c1-12-6-7-13(18)17(16-12)11-14(10-15)8-4-2-3-5-9-14/h6-7H,2-5,8-11H2,1H3. The van der Waals surface area contributed by atoms with Crippen LogP contribution in [0, 0.1) is 12.3 Å². The van der Waals surface area contributed by atoms with Gasteiger partial charge in [0.2, 0.25) is 0 Å². The largest absolute Gasteiger partial charge is 0.268 e. The number of hydrogen-bond acceptors (Lipinski definition) is 2. The van der Waals surface area contributed by atoms with Crippen LogP contribution in [0.5, 0.6) is 0 Å². The van der Waals surface area contributed by atoms with Crippen molar-refractivity contribution in [3.8, 4) is 0 Å². The molecule has 1 fully saturated rings. The Kier molecular flexibility index (Phi) is 4.60. The summed E-state index contributed by atoms with van der Waals surface area (Å²) < 4.78 is 1.65. The summed E-state index contributed by atoms with van der Waals surface area (Å²) in [6.45, 7) is 2.68. The van der Waals surface area contributed by atoms with Gasteiger partial charge in [0.05, 0.1) is 12.2 Å². The fraction of sp³-hybridized carbons (Fsp3) is 0.714. The van der Waals surface area contributed by atoms with Crippen LogP contribution >= 0.6 is 15.9 Å². The molecular formula is C14H21BrN2O. The molecule has 1 aliphatic carbocycles. The van der Waals surface area contributed by atoms with Gasteiger partial charge in [-0.2, -0.15) is 5.10 Å². The molecular weight excluding hydrogens is 292 g/mol. The Bertz CT molecular complexity index is 447. The van der Waals surface area contributed by atoms with Crippen molar-refractivity contribution in [2.45, 2.75) is 52.0 Å². The molecule has 1 heterocycles. The van der Waals surface area contributed by atoms with Gasteiger partial charge in [-0.05, 0) is 31.2 Å². The summed E-state index contributed by atoms with van der Waals surface area (Å²) >= 11 is 3.66. The molecule has 1 aliphatic rings. The third-order valence-corrected chi connectivity index (χ3v) is 5.12. The van der Waals surface area contributed by atoms with Crippen LogP contribution in [0.3, 0.4) is 0 Å². The molecule has 4 heteroatoms. The Morgan fingerprint density at radius 2 is 1.94 bits per heavy atom. The summed E-state index contributed by atoms with van der Waals surface area (Å²) in [5, 5.41) is 5.33. The van der Waals surface area contributed by atoms with E-state index < -0.39 is 0 Å². The van der Waals surface area contributed by atoms with Crippen molar-refractivity contribution in [3.63, 3.8) is 0 Å². The Balaban J connectivity index is 2.23. The van der Waals surface area contributed by atoms with Crippen LogP contribution in [0.25, 0.3) is 0 Å². The molecule has 0 aromatic carbocycles. The van der Waals surface area contributed by atoms with Gasteiger partial charge in [-0.1, -0.05) is 41.6 Å². The molecule has 0 atom stereocenters. The molecule has 0 spiro atoms. The monoisotopic (exact) mass is 312 g/mol. The fourth-order valence-corrected chi connectivity index (χ4v) is 3.53. The molecule has 1 aromatic heterocycles. The molecule has 0 saturated heterocycles. The number of rotatable bonds is 3. The first-order valence-corrected chi connectivity index (χ1v) is 7.88. The third kappa shape index (κ3) is 3.22. The molecule has 2 rings (SSSR count). The lowest BCUT2D eigenvalue weighted by Gasteiger charge is -2.30. The highest BCUT2D eigenvalue weighted by Crippen LogP contribution is 2.37. The second kappa shape index (κ2) is 6.00. The zero-order valence-corrected chi connectivity index (χ0v) is 12.6. The Morgan fingerprint density at radius 3 is 2.56 bits per heavy atom. The lowest BCUT2D eigenvalue weighted by molar-refractivity contribution is 0.226. The average molecular weight is 313 g/mol. The van der Waals surface area contributed by atoms with Gasteiger partial charge >= 0.3 is 0 Å². The zero-order valence-electron chi connectivity index (χ0n) is 11.0. The number of aromatic nitrogens is 2. The van der Waals surface area contributed by atoms with E-state index in [1.165, 1.54) is 38.5 Å². The van der Waals surface area contributed by atoms with Crippen LogP contribution in [0.1, 0.15) is 44.2 Å². The summed E-state index contributed by atoms with van der Waals surface area (Å²) in [5.41, 5.74) is 1.14. The molecule has 18 heavy (non-hydrogen) atoms. The Hall–Kier alpha value is -0.640. The third-order valence-electron chi connectivity index (χ3n) is 3.93. The van der Waals surface area contributed by atoms with Crippen molar-refractivity contribution in [2.75, 3.05) is 5.33 Å². The lowest BCUT2D eigenvalue weighted by atomic mass is 9.82. The van der Waals surface area contributed by atoms with E-state index in [-0.39, 0.29) is 11.0 Å². The van der Waals surface area contributed by atoms with Crippen LogP contribution in [-0.4, -0.2) is 15.1 Å². The van der Waals surface area contributed by atoms with Crippen molar-refractivity contribution < 1.29 is 0 Å². The second-order valence-electron chi connectivity index (χ2n) is 5.52. The van der Waals surface area contributed by atoms with Crippen molar-refractivity contribution in [2.24, 2.45) is 5.41 Å². The molecule has 1 saturated carbocycles. The smallest absolute Gasteiger partial charge is 0.266 e. The second-order valence-corrected chi connectivity index (χ2v) is 6.08. The molecule has 0 unspecified atom stereocenters. The van der Waals surface area contributed by atoms with Gasteiger partial charge in [-0.3, -0.25) is 4.79 Å². The normalized spacial score (nSPS) is 19.4. The minimum atomic E-state index is 0.0187. The summed E-state index contributed by atoms with van der Waals surface area (Å²) in [6, 6.07) is 3.41. The van der Waals surface area contributed by atoms with Gasteiger partial charge in [0, 0.05) is 11.4 Å². The molecule has 3 nitrogen and oxygen atoms in total. The number of alkyl halides is 1. The SMILES string of the molecule is Cc1ccc(=O)n(CC2(CBr)CCCCCC2)n1. The van der Waals surface area contributed by atoms with Crippen LogP contribution < -0.4 is 5.56 Å². The maximum absolute atomic E-state index is 11.9. The fourth-order valence-electron chi connectivity index (χ4n) is 2.79. The molecule has 0 aliphatic heterocycles. The van der Waals surface area contributed by atoms with Gasteiger partial charge in [0.15, 0.2) is 0 Å². The molecule has 0 bridgehead atoms. The Labute approximate surface area is 117 Å². The average Bonchev–Trinajstić information content (AvgIpc) is 2.60. The van der Waals surface area contributed by atoms with Crippen molar-refractivity contribution in [1.82, 2.24) is 9.78 Å². The summed E-state index contributed by atoms with van der Waals surface area (Å²) in [5.74, 6) is 0. The summed E-state index contributed by atoms with van der Waals surface area (Å²) in [4.78, 5) is 11.9. The number of nitrogens with zero attached hydrogens (tertiary/aromatic N) is 2.